The first-order chi connectivity index (χ1) is 14.1. The summed E-state index contributed by atoms with van der Waals surface area (Å²) < 4.78 is 0. The lowest BCUT2D eigenvalue weighted by Crippen LogP contribution is -2.15. The van der Waals surface area contributed by atoms with Crippen molar-refractivity contribution in [3.8, 4) is 11.4 Å². The predicted octanol–water partition coefficient (Wildman–Crippen LogP) is 5.91. The number of para-hydroxylation sites is 3. The number of hydrogen-bond donors (Lipinski definition) is 2. The van der Waals surface area contributed by atoms with Crippen molar-refractivity contribution in [1.82, 2.24) is 9.97 Å². The number of rotatable bonds is 6. The van der Waals surface area contributed by atoms with Crippen LogP contribution in [-0.4, -0.2) is 21.1 Å². The first-order valence-electron chi connectivity index (χ1n) is 9.68. The molecule has 0 saturated carbocycles. The van der Waals surface area contributed by atoms with Gasteiger partial charge in [-0.05, 0) is 42.0 Å². The van der Waals surface area contributed by atoms with Crippen molar-refractivity contribution in [1.29, 1.82) is 0 Å². The number of fused-ring (bicyclic) bond motifs is 1. The Hall–Kier alpha value is -3.05. The molecule has 4 rings (SSSR count). The lowest BCUT2D eigenvalue weighted by atomic mass is 10.1. The largest absolute Gasteiger partial charge is 0.338 e. The zero-order chi connectivity index (χ0) is 20.2. The van der Waals surface area contributed by atoms with Gasteiger partial charge >= 0.3 is 0 Å². The molecule has 0 bridgehead atoms. The Bertz CT molecular complexity index is 1100. The molecular weight excluding hydrogens is 378 g/mol. The Kier molecular flexibility index (Phi) is 5.67. The van der Waals surface area contributed by atoms with Crippen molar-refractivity contribution in [3.63, 3.8) is 0 Å². The van der Waals surface area contributed by atoms with Crippen LogP contribution in [0.5, 0.6) is 0 Å². The highest BCUT2D eigenvalue weighted by molar-refractivity contribution is 7.99. The van der Waals surface area contributed by atoms with E-state index in [0.29, 0.717) is 11.7 Å². The highest BCUT2D eigenvalue weighted by Gasteiger charge is 2.12. The van der Waals surface area contributed by atoms with Crippen LogP contribution in [-0.2, 0) is 11.2 Å². The molecule has 1 amide bonds. The van der Waals surface area contributed by atoms with Gasteiger partial charge in [0.1, 0.15) is 5.82 Å². The third kappa shape index (κ3) is 4.69. The topological polar surface area (TPSA) is 57.8 Å². The molecule has 0 unspecified atom stereocenters. The van der Waals surface area contributed by atoms with Gasteiger partial charge in [-0.3, -0.25) is 4.79 Å². The average Bonchev–Trinajstić information content (AvgIpc) is 3.13. The second-order valence-electron chi connectivity index (χ2n) is 7.18. The van der Waals surface area contributed by atoms with Crippen LogP contribution in [0.3, 0.4) is 0 Å². The number of carbonyl (C=O) groups excluding carboxylic acids is 1. The van der Waals surface area contributed by atoms with E-state index in [4.69, 9.17) is 0 Å². The minimum Gasteiger partial charge on any atom is -0.338 e. The van der Waals surface area contributed by atoms with Gasteiger partial charge in [0.15, 0.2) is 0 Å². The van der Waals surface area contributed by atoms with Crippen LogP contribution >= 0.6 is 11.8 Å². The molecule has 0 spiro atoms. The van der Waals surface area contributed by atoms with Gasteiger partial charge in [0, 0.05) is 15.7 Å². The van der Waals surface area contributed by atoms with Gasteiger partial charge in [0.05, 0.1) is 23.1 Å². The van der Waals surface area contributed by atoms with Gasteiger partial charge in [-0.1, -0.05) is 50.2 Å². The second-order valence-corrected chi connectivity index (χ2v) is 8.83. The summed E-state index contributed by atoms with van der Waals surface area (Å²) in [4.78, 5) is 21.9. The molecule has 5 heteroatoms. The normalized spacial score (nSPS) is 11.1. The number of nitrogens with zero attached hydrogens (tertiary/aromatic N) is 1. The van der Waals surface area contributed by atoms with Crippen LogP contribution in [0.4, 0.5) is 5.69 Å². The van der Waals surface area contributed by atoms with Crippen LogP contribution in [0.2, 0.25) is 0 Å². The molecule has 0 atom stereocenters. The van der Waals surface area contributed by atoms with E-state index >= 15 is 0 Å². The average molecular weight is 402 g/mol. The summed E-state index contributed by atoms with van der Waals surface area (Å²) in [6.07, 6.45) is 0.334. The number of hydrogen-bond acceptors (Lipinski definition) is 3. The smallest absolute Gasteiger partial charge is 0.228 e. The van der Waals surface area contributed by atoms with Crippen LogP contribution in [0.25, 0.3) is 22.4 Å². The van der Waals surface area contributed by atoms with Crippen LogP contribution < -0.4 is 5.32 Å². The highest BCUT2D eigenvalue weighted by atomic mass is 32.2. The summed E-state index contributed by atoms with van der Waals surface area (Å²) in [6, 6.07) is 23.8. The number of H-pyrrole nitrogens is 1. The molecular formula is C24H23N3OS. The van der Waals surface area contributed by atoms with Gasteiger partial charge in [-0.15, -0.1) is 11.8 Å². The molecule has 0 saturated heterocycles. The van der Waals surface area contributed by atoms with Crippen molar-refractivity contribution in [2.75, 3.05) is 5.32 Å². The minimum absolute atomic E-state index is 0.0437. The zero-order valence-corrected chi connectivity index (χ0v) is 17.3. The maximum Gasteiger partial charge on any atom is 0.228 e. The Balaban J connectivity index is 1.50. The monoisotopic (exact) mass is 401 g/mol. The molecule has 146 valence electrons. The molecule has 0 aliphatic rings. The third-order valence-electron chi connectivity index (χ3n) is 4.51. The molecule has 2 N–H and O–H groups in total. The molecule has 1 aromatic heterocycles. The predicted molar refractivity (Wildman–Crippen MR) is 121 cm³/mol. The number of carbonyl (C=O) groups is 1. The van der Waals surface area contributed by atoms with Crippen LogP contribution in [0, 0.1) is 0 Å². The Morgan fingerprint density at radius 2 is 1.72 bits per heavy atom. The lowest BCUT2D eigenvalue weighted by Gasteiger charge is -2.10. The second kappa shape index (κ2) is 8.53. The molecule has 1 heterocycles. The molecule has 4 nitrogen and oxygen atoms in total. The Morgan fingerprint density at radius 3 is 2.48 bits per heavy atom. The fraction of sp³-hybridized carbons (Fsp3) is 0.167. The van der Waals surface area contributed by atoms with Crippen LogP contribution in [0.15, 0.2) is 77.7 Å². The first-order valence-corrected chi connectivity index (χ1v) is 10.6. The first kappa shape index (κ1) is 19.3. The molecule has 29 heavy (non-hydrogen) atoms. The summed E-state index contributed by atoms with van der Waals surface area (Å²) in [5.74, 6) is 0.704. The maximum absolute atomic E-state index is 12.7. The lowest BCUT2D eigenvalue weighted by molar-refractivity contribution is -0.115. The summed E-state index contributed by atoms with van der Waals surface area (Å²) in [7, 11) is 0. The molecule has 3 aromatic carbocycles. The number of thioether (sulfide) groups is 1. The molecule has 0 fully saturated rings. The Morgan fingerprint density at radius 1 is 1.00 bits per heavy atom. The highest BCUT2D eigenvalue weighted by Crippen LogP contribution is 2.28. The van der Waals surface area contributed by atoms with E-state index in [1.54, 1.807) is 0 Å². The van der Waals surface area contributed by atoms with Crippen molar-refractivity contribution >= 4 is 34.4 Å². The number of imidazole rings is 1. The van der Waals surface area contributed by atoms with E-state index in [1.165, 1.54) is 4.90 Å². The van der Waals surface area contributed by atoms with Gasteiger partial charge < -0.3 is 10.3 Å². The number of anilines is 1. The SMILES string of the molecule is CC(C)Sc1ccc(CC(=O)Nc2ccccc2-c2nc3ccccc3[nH]2)cc1. The van der Waals surface area contributed by atoms with Crippen molar-refractivity contribution in [2.45, 2.75) is 30.4 Å². The van der Waals surface area contributed by atoms with E-state index in [1.807, 2.05) is 72.4 Å². The maximum atomic E-state index is 12.7. The number of nitrogens with one attached hydrogen (secondary N) is 2. The third-order valence-corrected chi connectivity index (χ3v) is 5.52. The summed E-state index contributed by atoms with van der Waals surface area (Å²) >= 11 is 1.82. The molecule has 4 aromatic rings. The van der Waals surface area contributed by atoms with E-state index in [9.17, 15) is 4.79 Å². The molecule has 0 radical (unpaired) electrons. The van der Waals surface area contributed by atoms with E-state index < -0.39 is 0 Å². The van der Waals surface area contributed by atoms with E-state index in [0.717, 1.165) is 33.7 Å². The fourth-order valence-corrected chi connectivity index (χ4v) is 4.05. The Labute approximate surface area is 174 Å². The van der Waals surface area contributed by atoms with Crippen LogP contribution in [0.1, 0.15) is 19.4 Å². The van der Waals surface area contributed by atoms with E-state index in [2.05, 4.69) is 41.3 Å². The number of aromatic nitrogens is 2. The van der Waals surface area contributed by atoms with Crippen molar-refractivity contribution in [3.05, 3.63) is 78.4 Å². The molecule has 0 aliphatic heterocycles. The van der Waals surface area contributed by atoms with Crippen molar-refractivity contribution < 1.29 is 4.79 Å². The fourth-order valence-electron chi connectivity index (χ4n) is 3.22. The quantitative estimate of drug-likeness (QED) is 0.395. The molecule has 0 aliphatic carbocycles. The number of aromatic amines is 1. The number of benzene rings is 3. The van der Waals surface area contributed by atoms with Crippen molar-refractivity contribution in [2.24, 2.45) is 0 Å². The standard InChI is InChI=1S/C24H23N3OS/c1-16(2)29-18-13-11-17(12-14-18)15-23(28)25-20-8-4-3-7-19(20)24-26-21-9-5-6-10-22(21)27-24/h3-14,16H,15H2,1-2H3,(H,25,28)(H,26,27). The zero-order valence-electron chi connectivity index (χ0n) is 16.5. The van der Waals surface area contributed by atoms with Gasteiger partial charge in [0.25, 0.3) is 0 Å². The number of amides is 1. The van der Waals surface area contributed by atoms with E-state index in [-0.39, 0.29) is 5.91 Å². The summed E-state index contributed by atoms with van der Waals surface area (Å²) in [6.45, 7) is 4.34. The summed E-state index contributed by atoms with van der Waals surface area (Å²) in [5.41, 5.74) is 4.51. The van der Waals surface area contributed by atoms with Gasteiger partial charge in [-0.2, -0.15) is 0 Å². The van der Waals surface area contributed by atoms with Gasteiger partial charge in [0.2, 0.25) is 5.91 Å². The van der Waals surface area contributed by atoms with Gasteiger partial charge in [-0.25, -0.2) is 4.98 Å². The minimum atomic E-state index is -0.0437. The summed E-state index contributed by atoms with van der Waals surface area (Å²) in [5, 5.41) is 3.59.